The van der Waals surface area contributed by atoms with Gasteiger partial charge in [-0.05, 0) is 59.0 Å². The molecule has 1 aliphatic heterocycles. The van der Waals surface area contributed by atoms with Gasteiger partial charge in [-0.2, -0.15) is 0 Å². The summed E-state index contributed by atoms with van der Waals surface area (Å²) in [5.74, 6) is 0.943. The Morgan fingerprint density at radius 3 is 2.47 bits per heavy atom. The van der Waals surface area contributed by atoms with Crippen molar-refractivity contribution in [1.82, 2.24) is 10.2 Å². The van der Waals surface area contributed by atoms with Crippen LogP contribution < -0.4 is 5.32 Å². The van der Waals surface area contributed by atoms with Crippen LogP contribution in [-0.2, 0) is 0 Å². The number of rotatable bonds is 3. The molecule has 0 bridgehead atoms. The topological polar surface area (TPSA) is 15.3 Å². The van der Waals surface area contributed by atoms with Gasteiger partial charge >= 0.3 is 0 Å². The van der Waals surface area contributed by atoms with Crippen LogP contribution in [-0.4, -0.2) is 36.6 Å². The number of likely N-dealkylation sites (tertiary alicyclic amines) is 1. The number of nitrogens with zero attached hydrogens (tertiary/aromatic N) is 1. The van der Waals surface area contributed by atoms with E-state index in [1.54, 1.807) is 0 Å². The average molecular weight is 238 g/mol. The molecule has 0 aromatic carbocycles. The largest absolute Gasteiger partial charge is 0.311 e. The van der Waals surface area contributed by atoms with Gasteiger partial charge in [0.15, 0.2) is 0 Å². The van der Waals surface area contributed by atoms with Crippen LogP contribution in [0.4, 0.5) is 0 Å². The summed E-state index contributed by atoms with van der Waals surface area (Å²) in [7, 11) is 2.26. The lowest BCUT2D eigenvalue weighted by Crippen LogP contribution is -2.49. The Morgan fingerprint density at radius 2 is 1.82 bits per heavy atom. The predicted octanol–water partition coefficient (Wildman–Crippen LogP) is 3.03. The van der Waals surface area contributed by atoms with E-state index < -0.39 is 0 Å². The molecule has 0 aromatic rings. The second-order valence-electron chi connectivity index (χ2n) is 6.40. The zero-order valence-electron chi connectivity index (χ0n) is 11.9. The quantitative estimate of drug-likeness (QED) is 0.813. The molecule has 1 saturated heterocycles. The van der Waals surface area contributed by atoms with Crippen molar-refractivity contribution >= 4 is 0 Å². The van der Waals surface area contributed by atoms with Gasteiger partial charge in [0.2, 0.25) is 0 Å². The van der Waals surface area contributed by atoms with E-state index in [4.69, 9.17) is 0 Å². The molecule has 2 unspecified atom stereocenters. The van der Waals surface area contributed by atoms with Crippen molar-refractivity contribution in [3.05, 3.63) is 0 Å². The van der Waals surface area contributed by atoms with Gasteiger partial charge in [-0.1, -0.05) is 19.3 Å². The number of hydrogen-bond acceptors (Lipinski definition) is 2. The number of nitrogens with one attached hydrogen (secondary N) is 1. The monoisotopic (exact) mass is 238 g/mol. The van der Waals surface area contributed by atoms with Gasteiger partial charge in [0.05, 0.1) is 0 Å². The van der Waals surface area contributed by atoms with E-state index in [-0.39, 0.29) is 0 Å². The van der Waals surface area contributed by atoms with Crippen LogP contribution in [0.1, 0.15) is 58.8 Å². The maximum atomic E-state index is 3.91. The molecule has 2 heteroatoms. The molecular weight excluding hydrogens is 208 g/mol. The minimum atomic E-state index is 0.732. The molecule has 1 saturated carbocycles. The second-order valence-corrected chi connectivity index (χ2v) is 6.40. The van der Waals surface area contributed by atoms with Crippen molar-refractivity contribution in [2.45, 2.75) is 76.9 Å². The predicted molar refractivity (Wildman–Crippen MR) is 74.3 cm³/mol. The molecule has 0 amide bonds. The highest BCUT2D eigenvalue weighted by atomic mass is 15.1. The number of hydrogen-bond donors (Lipinski definition) is 1. The van der Waals surface area contributed by atoms with Crippen LogP contribution in [0.25, 0.3) is 0 Å². The van der Waals surface area contributed by atoms with E-state index >= 15 is 0 Å². The third-order valence-corrected chi connectivity index (χ3v) is 5.06. The van der Waals surface area contributed by atoms with E-state index in [9.17, 15) is 0 Å². The standard InChI is InChI=1S/C15H30N2/c1-12-11-15(9-10-17(12)3)16-13(2)14-7-5-4-6-8-14/h12-16H,4-11H2,1-3H3/t12?,13-,15?/m0/s1. The van der Waals surface area contributed by atoms with Gasteiger partial charge in [0.1, 0.15) is 0 Å². The maximum Gasteiger partial charge on any atom is 0.00966 e. The van der Waals surface area contributed by atoms with Crippen LogP contribution in [0.5, 0.6) is 0 Å². The van der Waals surface area contributed by atoms with E-state index in [1.807, 2.05) is 0 Å². The smallest absolute Gasteiger partial charge is 0.00966 e. The Hall–Kier alpha value is -0.0800. The van der Waals surface area contributed by atoms with E-state index in [1.165, 1.54) is 51.5 Å². The molecule has 100 valence electrons. The van der Waals surface area contributed by atoms with E-state index in [2.05, 4.69) is 31.1 Å². The first-order valence-electron chi connectivity index (χ1n) is 7.63. The molecular formula is C15H30N2. The lowest BCUT2D eigenvalue weighted by molar-refractivity contribution is 0.151. The molecule has 2 rings (SSSR count). The molecule has 1 heterocycles. The summed E-state index contributed by atoms with van der Waals surface area (Å²) in [5, 5.41) is 3.91. The molecule has 3 atom stereocenters. The van der Waals surface area contributed by atoms with Gasteiger partial charge in [0.25, 0.3) is 0 Å². The van der Waals surface area contributed by atoms with Crippen molar-refractivity contribution < 1.29 is 0 Å². The first-order valence-corrected chi connectivity index (χ1v) is 7.63. The summed E-state index contributed by atoms with van der Waals surface area (Å²) in [6, 6.07) is 2.24. The highest BCUT2D eigenvalue weighted by molar-refractivity contribution is 4.85. The van der Waals surface area contributed by atoms with Gasteiger partial charge in [0, 0.05) is 18.1 Å². The summed E-state index contributed by atoms with van der Waals surface area (Å²) >= 11 is 0. The third kappa shape index (κ3) is 3.69. The van der Waals surface area contributed by atoms with Crippen LogP contribution in [0.3, 0.4) is 0 Å². The van der Waals surface area contributed by atoms with Crippen molar-refractivity contribution in [2.75, 3.05) is 13.6 Å². The normalized spacial score (nSPS) is 34.8. The lowest BCUT2D eigenvalue weighted by atomic mass is 9.84. The fourth-order valence-electron chi connectivity index (χ4n) is 3.58. The molecule has 2 fully saturated rings. The molecule has 1 N–H and O–H groups in total. The van der Waals surface area contributed by atoms with Crippen LogP contribution in [0.15, 0.2) is 0 Å². The third-order valence-electron chi connectivity index (χ3n) is 5.06. The summed E-state index contributed by atoms with van der Waals surface area (Å²) in [5.41, 5.74) is 0. The SMILES string of the molecule is CC1CC(N[C@@H](C)C2CCCCC2)CCN1C. The lowest BCUT2D eigenvalue weighted by Gasteiger charge is -2.38. The molecule has 2 aliphatic rings. The Kier molecular flexibility index (Phi) is 4.87. The summed E-state index contributed by atoms with van der Waals surface area (Å²) in [6.45, 7) is 6.04. The Labute approximate surface area is 107 Å². The molecule has 0 aromatic heterocycles. The van der Waals surface area contributed by atoms with Crippen molar-refractivity contribution in [3.8, 4) is 0 Å². The first-order chi connectivity index (χ1) is 8.16. The highest BCUT2D eigenvalue weighted by Crippen LogP contribution is 2.27. The second kappa shape index (κ2) is 6.19. The average Bonchev–Trinajstić information content (AvgIpc) is 2.35. The summed E-state index contributed by atoms with van der Waals surface area (Å²) in [6.07, 6.45) is 9.95. The van der Waals surface area contributed by atoms with E-state index in [0.29, 0.717) is 0 Å². The van der Waals surface area contributed by atoms with Gasteiger partial charge in [-0.15, -0.1) is 0 Å². The zero-order valence-corrected chi connectivity index (χ0v) is 11.9. The van der Waals surface area contributed by atoms with E-state index in [0.717, 1.165) is 24.0 Å². The zero-order chi connectivity index (χ0) is 12.3. The molecule has 0 radical (unpaired) electrons. The fourth-order valence-corrected chi connectivity index (χ4v) is 3.58. The van der Waals surface area contributed by atoms with Crippen LogP contribution in [0.2, 0.25) is 0 Å². The van der Waals surface area contributed by atoms with Crippen molar-refractivity contribution in [2.24, 2.45) is 5.92 Å². The van der Waals surface area contributed by atoms with Gasteiger partial charge in [-0.3, -0.25) is 0 Å². The minimum Gasteiger partial charge on any atom is -0.311 e. The first kappa shape index (κ1) is 13.4. The van der Waals surface area contributed by atoms with Crippen LogP contribution in [0, 0.1) is 5.92 Å². The number of piperidine rings is 1. The molecule has 17 heavy (non-hydrogen) atoms. The molecule has 1 aliphatic carbocycles. The van der Waals surface area contributed by atoms with Gasteiger partial charge in [-0.25, -0.2) is 0 Å². The molecule has 0 spiro atoms. The van der Waals surface area contributed by atoms with Crippen molar-refractivity contribution in [3.63, 3.8) is 0 Å². The Morgan fingerprint density at radius 1 is 1.12 bits per heavy atom. The van der Waals surface area contributed by atoms with Crippen LogP contribution >= 0.6 is 0 Å². The Bertz CT molecular complexity index is 223. The fraction of sp³-hybridized carbons (Fsp3) is 1.00. The molecule has 2 nitrogen and oxygen atoms in total. The Balaban J connectivity index is 1.76. The van der Waals surface area contributed by atoms with Crippen molar-refractivity contribution in [1.29, 1.82) is 0 Å². The summed E-state index contributed by atoms with van der Waals surface area (Å²) < 4.78 is 0. The minimum absolute atomic E-state index is 0.732. The highest BCUT2D eigenvalue weighted by Gasteiger charge is 2.26. The van der Waals surface area contributed by atoms with Gasteiger partial charge < -0.3 is 10.2 Å². The summed E-state index contributed by atoms with van der Waals surface area (Å²) in [4.78, 5) is 2.49. The maximum absolute atomic E-state index is 3.91.